The van der Waals surface area contributed by atoms with Crippen LogP contribution in [0.15, 0.2) is 22.6 Å². The number of nitrogens with zero attached hydrogens (tertiary/aromatic N) is 2. The summed E-state index contributed by atoms with van der Waals surface area (Å²) in [5.41, 5.74) is 5.14. The molecule has 5 nitrogen and oxygen atoms in total. The van der Waals surface area contributed by atoms with Crippen LogP contribution in [-0.2, 0) is 11.2 Å². The lowest BCUT2D eigenvalue weighted by Crippen LogP contribution is -2.37. The smallest absolute Gasteiger partial charge is 0.238 e. The van der Waals surface area contributed by atoms with Gasteiger partial charge in [0.15, 0.2) is 11.5 Å². The summed E-state index contributed by atoms with van der Waals surface area (Å²) in [6, 6.07) is 5.61. The highest BCUT2D eigenvalue weighted by atomic mass is 16.3. The van der Waals surface area contributed by atoms with Crippen molar-refractivity contribution in [1.82, 2.24) is 15.4 Å². The zero-order valence-corrected chi connectivity index (χ0v) is 10.2. The number of fused-ring (bicyclic) bond motifs is 1. The molecule has 1 aromatic carbocycles. The number of rotatable bonds is 3. The van der Waals surface area contributed by atoms with Gasteiger partial charge in [-0.1, -0.05) is 6.07 Å². The van der Waals surface area contributed by atoms with Gasteiger partial charge in [-0.25, -0.2) is 9.99 Å². The number of aryl methyl sites for hydroxylation is 1. The summed E-state index contributed by atoms with van der Waals surface area (Å²) in [4.78, 5) is 15.8. The summed E-state index contributed by atoms with van der Waals surface area (Å²) >= 11 is 0. The highest BCUT2D eigenvalue weighted by molar-refractivity contribution is 5.80. The van der Waals surface area contributed by atoms with E-state index in [1.54, 1.807) is 26.0 Å². The summed E-state index contributed by atoms with van der Waals surface area (Å²) in [5, 5.41) is 1.62. The molecule has 0 radical (unpaired) electrons. The molecule has 0 atom stereocenters. The van der Waals surface area contributed by atoms with E-state index in [2.05, 4.69) is 10.4 Å². The number of aromatic nitrogens is 1. The van der Waals surface area contributed by atoms with Crippen LogP contribution in [0, 0.1) is 6.92 Å². The van der Waals surface area contributed by atoms with E-state index in [-0.39, 0.29) is 5.91 Å². The topological polar surface area (TPSA) is 58.4 Å². The van der Waals surface area contributed by atoms with Gasteiger partial charge >= 0.3 is 0 Å². The van der Waals surface area contributed by atoms with Gasteiger partial charge in [0, 0.05) is 21.0 Å². The number of carbonyl (C=O) groups is 1. The van der Waals surface area contributed by atoms with E-state index in [9.17, 15) is 4.79 Å². The van der Waals surface area contributed by atoms with Gasteiger partial charge in [0.05, 0.1) is 6.42 Å². The van der Waals surface area contributed by atoms with Crippen LogP contribution in [0.4, 0.5) is 0 Å². The van der Waals surface area contributed by atoms with Gasteiger partial charge in [-0.3, -0.25) is 10.2 Å². The molecule has 0 aliphatic heterocycles. The zero-order chi connectivity index (χ0) is 12.4. The first-order valence-electron chi connectivity index (χ1n) is 5.37. The summed E-state index contributed by atoms with van der Waals surface area (Å²) < 4.78 is 5.42. The van der Waals surface area contributed by atoms with E-state index in [0.717, 1.165) is 16.7 Å². The van der Waals surface area contributed by atoms with Crippen molar-refractivity contribution >= 4 is 17.0 Å². The maximum atomic E-state index is 11.6. The Hall–Kier alpha value is -1.88. The number of carbonyl (C=O) groups excluding carboxylic acids is 1. The van der Waals surface area contributed by atoms with Crippen LogP contribution >= 0.6 is 0 Å². The molecule has 0 aliphatic rings. The second-order valence-electron chi connectivity index (χ2n) is 4.14. The Morgan fingerprint density at radius 1 is 1.47 bits per heavy atom. The van der Waals surface area contributed by atoms with Crippen molar-refractivity contribution in [2.24, 2.45) is 0 Å². The van der Waals surface area contributed by atoms with Crippen molar-refractivity contribution in [3.8, 4) is 0 Å². The van der Waals surface area contributed by atoms with E-state index >= 15 is 0 Å². The molecule has 90 valence electrons. The molecule has 1 N–H and O–H groups in total. The molecule has 0 saturated heterocycles. The first kappa shape index (κ1) is 11.6. The normalized spacial score (nSPS) is 11.1. The van der Waals surface area contributed by atoms with Crippen molar-refractivity contribution in [2.45, 2.75) is 13.3 Å². The average Bonchev–Trinajstić information content (AvgIpc) is 2.55. The van der Waals surface area contributed by atoms with E-state index in [1.807, 2.05) is 18.2 Å². The Kier molecular flexibility index (Phi) is 3.10. The fraction of sp³-hybridized carbons (Fsp3) is 0.333. The van der Waals surface area contributed by atoms with Gasteiger partial charge in [-0.2, -0.15) is 0 Å². The number of oxazole rings is 1. The van der Waals surface area contributed by atoms with Crippen molar-refractivity contribution in [1.29, 1.82) is 0 Å². The predicted molar refractivity (Wildman–Crippen MR) is 64.3 cm³/mol. The second-order valence-corrected chi connectivity index (χ2v) is 4.14. The van der Waals surface area contributed by atoms with E-state index in [1.165, 1.54) is 0 Å². The van der Waals surface area contributed by atoms with Gasteiger partial charge in [0.2, 0.25) is 5.91 Å². The van der Waals surface area contributed by atoms with E-state index in [4.69, 9.17) is 4.42 Å². The highest BCUT2D eigenvalue weighted by Gasteiger charge is 2.07. The van der Waals surface area contributed by atoms with E-state index < -0.39 is 0 Å². The Morgan fingerprint density at radius 2 is 2.24 bits per heavy atom. The Bertz CT molecular complexity index is 546. The molecular weight excluding hydrogens is 218 g/mol. The van der Waals surface area contributed by atoms with Crippen LogP contribution in [-0.4, -0.2) is 30.0 Å². The molecule has 1 amide bonds. The number of amides is 1. The molecule has 5 heteroatoms. The fourth-order valence-electron chi connectivity index (χ4n) is 1.67. The Labute approximate surface area is 99.4 Å². The number of benzene rings is 1. The van der Waals surface area contributed by atoms with Crippen LogP contribution in [0.3, 0.4) is 0 Å². The maximum absolute atomic E-state index is 11.6. The summed E-state index contributed by atoms with van der Waals surface area (Å²) in [5.74, 6) is 0.584. The molecule has 2 aromatic rings. The minimum absolute atomic E-state index is 0.0504. The summed E-state index contributed by atoms with van der Waals surface area (Å²) in [6.45, 7) is 1.80. The van der Waals surface area contributed by atoms with Gasteiger partial charge in [-0.15, -0.1) is 0 Å². The van der Waals surface area contributed by atoms with Crippen LogP contribution in [0.25, 0.3) is 11.1 Å². The van der Waals surface area contributed by atoms with Crippen LogP contribution in [0.1, 0.15) is 11.5 Å². The summed E-state index contributed by atoms with van der Waals surface area (Å²) in [7, 11) is 3.56. The van der Waals surface area contributed by atoms with Crippen molar-refractivity contribution in [3.63, 3.8) is 0 Å². The third-order valence-electron chi connectivity index (χ3n) is 2.27. The maximum Gasteiger partial charge on any atom is 0.238 e. The summed E-state index contributed by atoms with van der Waals surface area (Å²) in [6.07, 6.45) is 0.327. The average molecular weight is 233 g/mol. The van der Waals surface area contributed by atoms with Crippen LogP contribution < -0.4 is 5.43 Å². The largest absolute Gasteiger partial charge is 0.441 e. The first-order chi connectivity index (χ1) is 8.04. The van der Waals surface area contributed by atoms with E-state index in [0.29, 0.717) is 12.3 Å². The van der Waals surface area contributed by atoms with Gasteiger partial charge in [-0.05, 0) is 17.7 Å². The zero-order valence-electron chi connectivity index (χ0n) is 10.2. The highest BCUT2D eigenvalue weighted by Crippen LogP contribution is 2.17. The van der Waals surface area contributed by atoms with Gasteiger partial charge < -0.3 is 4.42 Å². The number of nitrogens with one attached hydrogen (secondary N) is 1. The fourth-order valence-corrected chi connectivity index (χ4v) is 1.67. The lowest BCUT2D eigenvalue weighted by atomic mass is 10.1. The SMILES string of the molecule is Cc1nc2ccc(CC(=O)NN(C)C)cc2o1. The van der Waals surface area contributed by atoms with Gasteiger partial charge in [0.1, 0.15) is 5.52 Å². The van der Waals surface area contributed by atoms with Crippen molar-refractivity contribution < 1.29 is 9.21 Å². The molecular formula is C12H15N3O2. The second kappa shape index (κ2) is 4.55. The van der Waals surface area contributed by atoms with Crippen molar-refractivity contribution in [2.75, 3.05) is 14.1 Å². The Morgan fingerprint density at radius 3 is 2.94 bits per heavy atom. The van der Waals surface area contributed by atoms with Crippen LogP contribution in [0.5, 0.6) is 0 Å². The molecule has 0 unspecified atom stereocenters. The number of hydrogen-bond acceptors (Lipinski definition) is 4. The lowest BCUT2D eigenvalue weighted by Gasteiger charge is -2.11. The molecule has 1 aromatic heterocycles. The number of hydrogen-bond donors (Lipinski definition) is 1. The molecule has 1 heterocycles. The minimum atomic E-state index is -0.0504. The molecule has 0 fully saturated rings. The molecule has 2 rings (SSSR count). The monoisotopic (exact) mass is 233 g/mol. The minimum Gasteiger partial charge on any atom is -0.441 e. The first-order valence-corrected chi connectivity index (χ1v) is 5.37. The lowest BCUT2D eigenvalue weighted by molar-refractivity contribution is -0.124. The Balaban J connectivity index is 2.16. The third kappa shape index (κ3) is 2.82. The van der Waals surface area contributed by atoms with Crippen LogP contribution in [0.2, 0.25) is 0 Å². The molecule has 17 heavy (non-hydrogen) atoms. The quantitative estimate of drug-likeness (QED) is 0.811. The third-order valence-corrected chi connectivity index (χ3v) is 2.27. The van der Waals surface area contributed by atoms with Gasteiger partial charge in [0.25, 0.3) is 0 Å². The number of hydrazine groups is 1. The molecule has 0 spiro atoms. The molecule has 0 aliphatic carbocycles. The predicted octanol–water partition coefficient (Wildman–Crippen LogP) is 1.27. The molecule has 0 bridgehead atoms. The molecule has 0 saturated carbocycles. The standard InChI is InChI=1S/C12H15N3O2/c1-8-13-10-5-4-9(6-11(10)17-8)7-12(16)14-15(2)3/h4-6H,7H2,1-3H3,(H,14,16). The van der Waals surface area contributed by atoms with Crippen molar-refractivity contribution in [3.05, 3.63) is 29.7 Å².